The second-order valence-electron chi connectivity index (χ2n) is 10.8. The van der Waals surface area contributed by atoms with Crippen molar-refractivity contribution in [3.05, 3.63) is 83.7 Å². The third-order valence-electron chi connectivity index (χ3n) is 7.50. The summed E-state index contributed by atoms with van der Waals surface area (Å²) in [4.78, 5) is 5.00. The van der Waals surface area contributed by atoms with Crippen LogP contribution in [0.1, 0.15) is 82.9 Å². The van der Waals surface area contributed by atoms with Gasteiger partial charge in [0.1, 0.15) is 5.82 Å². The normalized spacial score (nSPS) is 13.1. The van der Waals surface area contributed by atoms with E-state index < -0.39 is 0 Å². The van der Waals surface area contributed by atoms with Crippen LogP contribution in [-0.2, 0) is 0 Å². The van der Waals surface area contributed by atoms with E-state index in [1.807, 2.05) is 17.5 Å². The molecular weight excluding hydrogens is 444 g/mol. The molecule has 0 radical (unpaired) electrons. The smallest absolute Gasteiger partial charge is 0.144 e. The average molecular weight is 481 g/mol. The Hall–Kier alpha value is -2.91. The highest BCUT2D eigenvalue weighted by molar-refractivity contribution is 7.25. The predicted octanol–water partition coefficient (Wildman–Crippen LogP) is 9.91. The molecule has 0 aliphatic rings. The molecular formula is C32H36N2S. The molecule has 2 nitrogen and oxygen atoms in total. The van der Waals surface area contributed by atoms with Gasteiger partial charge in [-0.1, -0.05) is 84.9 Å². The summed E-state index contributed by atoms with van der Waals surface area (Å²) in [5, 5.41) is 2.66. The van der Waals surface area contributed by atoms with Crippen LogP contribution in [0.3, 0.4) is 0 Å². The van der Waals surface area contributed by atoms with Crippen molar-refractivity contribution in [3.8, 4) is 17.1 Å². The van der Waals surface area contributed by atoms with Crippen LogP contribution in [0.4, 0.5) is 0 Å². The van der Waals surface area contributed by atoms with E-state index in [2.05, 4.69) is 114 Å². The van der Waals surface area contributed by atoms with E-state index in [9.17, 15) is 0 Å². The third-order valence-corrected chi connectivity index (χ3v) is 8.64. The minimum Gasteiger partial charge on any atom is -0.299 e. The molecule has 1 unspecified atom stereocenters. The van der Waals surface area contributed by atoms with E-state index in [1.165, 1.54) is 48.1 Å². The zero-order valence-corrected chi connectivity index (χ0v) is 22.8. The highest BCUT2D eigenvalue weighted by atomic mass is 32.1. The summed E-state index contributed by atoms with van der Waals surface area (Å²) in [6.45, 7) is 16.1. The number of nitrogens with zero attached hydrogens (tertiary/aromatic N) is 2. The molecule has 0 aliphatic heterocycles. The monoisotopic (exact) mass is 480 g/mol. The largest absolute Gasteiger partial charge is 0.299 e. The molecule has 180 valence electrons. The molecule has 0 saturated carbocycles. The first kappa shape index (κ1) is 23.8. The number of hydrogen-bond donors (Lipinski definition) is 0. The van der Waals surface area contributed by atoms with Gasteiger partial charge in [0.25, 0.3) is 0 Å². The molecule has 2 heterocycles. The van der Waals surface area contributed by atoms with Gasteiger partial charge in [-0.2, -0.15) is 0 Å². The van der Waals surface area contributed by atoms with Crippen molar-refractivity contribution in [1.29, 1.82) is 0 Å². The Morgan fingerprint density at radius 3 is 2.06 bits per heavy atom. The molecule has 35 heavy (non-hydrogen) atoms. The lowest BCUT2D eigenvalue weighted by Crippen LogP contribution is -2.10. The summed E-state index contributed by atoms with van der Waals surface area (Å²) < 4.78 is 5.07. The SMILES string of the molecule is CC(C)c1cccc(C(C)C)c1-n1ccnc1-c1cc2c(cc1C(C)C(C)C)sc1ccccc12. The second-order valence-corrected chi connectivity index (χ2v) is 11.9. The first-order chi connectivity index (χ1) is 16.8. The van der Waals surface area contributed by atoms with Crippen molar-refractivity contribution < 1.29 is 0 Å². The van der Waals surface area contributed by atoms with Crippen molar-refractivity contribution >= 4 is 31.5 Å². The van der Waals surface area contributed by atoms with Crippen LogP contribution in [-0.4, -0.2) is 9.55 Å². The van der Waals surface area contributed by atoms with Crippen LogP contribution in [0.2, 0.25) is 0 Å². The maximum absolute atomic E-state index is 5.00. The first-order valence-corrected chi connectivity index (χ1v) is 13.7. The van der Waals surface area contributed by atoms with E-state index in [4.69, 9.17) is 4.98 Å². The van der Waals surface area contributed by atoms with E-state index in [-0.39, 0.29) is 0 Å². The summed E-state index contributed by atoms with van der Waals surface area (Å²) in [6.07, 6.45) is 4.12. The summed E-state index contributed by atoms with van der Waals surface area (Å²) in [7, 11) is 0. The molecule has 1 atom stereocenters. The van der Waals surface area contributed by atoms with Gasteiger partial charge in [-0.05, 0) is 58.6 Å². The zero-order valence-electron chi connectivity index (χ0n) is 22.0. The molecule has 0 spiro atoms. The molecule has 0 bridgehead atoms. The summed E-state index contributed by atoms with van der Waals surface area (Å²) in [5.74, 6) is 2.86. The Balaban J connectivity index is 1.84. The fourth-order valence-corrected chi connectivity index (χ4v) is 6.33. The lowest BCUT2D eigenvalue weighted by atomic mass is 9.86. The number of hydrogen-bond acceptors (Lipinski definition) is 2. The lowest BCUT2D eigenvalue weighted by Gasteiger charge is -2.24. The van der Waals surface area contributed by atoms with E-state index >= 15 is 0 Å². The van der Waals surface area contributed by atoms with Crippen LogP contribution in [0, 0.1) is 5.92 Å². The number of fused-ring (bicyclic) bond motifs is 3. The molecule has 0 saturated heterocycles. The molecule has 0 aliphatic carbocycles. The van der Waals surface area contributed by atoms with Gasteiger partial charge in [0, 0.05) is 38.1 Å². The van der Waals surface area contributed by atoms with Crippen molar-refractivity contribution in [2.45, 2.75) is 66.2 Å². The van der Waals surface area contributed by atoms with Gasteiger partial charge >= 0.3 is 0 Å². The molecule has 5 aromatic rings. The van der Waals surface area contributed by atoms with Crippen molar-refractivity contribution in [3.63, 3.8) is 0 Å². The molecule has 0 N–H and O–H groups in total. The molecule has 3 aromatic carbocycles. The van der Waals surface area contributed by atoms with Crippen molar-refractivity contribution in [2.75, 3.05) is 0 Å². The number of imidazole rings is 1. The van der Waals surface area contributed by atoms with Crippen LogP contribution < -0.4 is 0 Å². The highest BCUT2D eigenvalue weighted by Gasteiger charge is 2.23. The summed E-state index contributed by atoms with van der Waals surface area (Å²) in [6, 6.07) is 20.4. The van der Waals surface area contributed by atoms with Gasteiger partial charge in [0.05, 0.1) is 5.69 Å². The average Bonchev–Trinajstić information content (AvgIpc) is 3.46. The van der Waals surface area contributed by atoms with E-state index in [0.29, 0.717) is 23.7 Å². The number of aromatic nitrogens is 2. The minimum atomic E-state index is 0.426. The maximum Gasteiger partial charge on any atom is 0.144 e. The van der Waals surface area contributed by atoms with Crippen LogP contribution >= 0.6 is 11.3 Å². The van der Waals surface area contributed by atoms with Gasteiger partial charge in [-0.3, -0.25) is 4.57 Å². The molecule has 2 aromatic heterocycles. The Bertz CT molecular complexity index is 1470. The highest BCUT2D eigenvalue weighted by Crippen LogP contribution is 2.42. The van der Waals surface area contributed by atoms with Gasteiger partial charge in [-0.15, -0.1) is 11.3 Å². The fraction of sp³-hybridized carbons (Fsp3) is 0.344. The van der Waals surface area contributed by atoms with E-state index in [0.717, 1.165) is 5.82 Å². The van der Waals surface area contributed by atoms with Gasteiger partial charge < -0.3 is 0 Å². The second kappa shape index (κ2) is 9.28. The first-order valence-electron chi connectivity index (χ1n) is 12.9. The molecule has 3 heteroatoms. The van der Waals surface area contributed by atoms with Crippen LogP contribution in [0.5, 0.6) is 0 Å². The number of para-hydroxylation sites is 1. The lowest BCUT2D eigenvalue weighted by molar-refractivity contribution is 0.536. The fourth-order valence-electron chi connectivity index (χ4n) is 5.19. The van der Waals surface area contributed by atoms with E-state index in [1.54, 1.807) is 0 Å². The van der Waals surface area contributed by atoms with Gasteiger partial charge in [0.2, 0.25) is 0 Å². The Kier molecular flexibility index (Phi) is 6.31. The Morgan fingerprint density at radius 1 is 0.714 bits per heavy atom. The van der Waals surface area contributed by atoms with Crippen molar-refractivity contribution in [2.24, 2.45) is 5.92 Å². The Labute approximate surface area is 213 Å². The minimum absolute atomic E-state index is 0.426. The van der Waals surface area contributed by atoms with Gasteiger partial charge in [0.15, 0.2) is 0 Å². The molecule has 0 amide bonds. The standard InChI is InChI=1S/C32H36N2S/c1-19(2)22(7)26-18-30-27(25-11-8-9-14-29(25)35-30)17-28(26)32-33-15-16-34(32)31-23(20(3)4)12-10-13-24(31)21(5)6/h8-22H,1-7H3. The number of rotatable bonds is 6. The van der Waals surface area contributed by atoms with Crippen molar-refractivity contribution in [1.82, 2.24) is 9.55 Å². The van der Waals surface area contributed by atoms with Crippen LogP contribution in [0.15, 0.2) is 67.0 Å². The summed E-state index contributed by atoms with van der Waals surface area (Å²) >= 11 is 1.90. The quantitative estimate of drug-likeness (QED) is 0.236. The predicted molar refractivity (Wildman–Crippen MR) is 153 cm³/mol. The topological polar surface area (TPSA) is 17.8 Å². The zero-order chi connectivity index (χ0) is 24.9. The van der Waals surface area contributed by atoms with Gasteiger partial charge in [-0.25, -0.2) is 4.98 Å². The number of benzene rings is 3. The third kappa shape index (κ3) is 4.10. The maximum atomic E-state index is 5.00. The number of thiophene rings is 1. The van der Waals surface area contributed by atoms with Crippen LogP contribution in [0.25, 0.3) is 37.2 Å². The summed E-state index contributed by atoms with van der Waals surface area (Å²) in [5.41, 5.74) is 6.68. The molecule has 0 fully saturated rings. The Morgan fingerprint density at radius 2 is 1.40 bits per heavy atom. The molecule has 5 rings (SSSR count).